The molecule has 0 spiro atoms. The van der Waals surface area contributed by atoms with Crippen molar-refractivity contribution in [1.29, 1.82) is 0 Å². The molecule has 0 fully saturated rings. The van der Waals surface area contributed by atoms with Gasteiger partial charge in [0.15, 0.2) is 0 Å². The zero-order valence-electron chi connectivity index (χ0n) is 10.2. The summed E-state index contributed by atoms with van der Waals surface area (Å²) in [6.07, 6.45) is -2.73. The van der Waals surface area contributed by atoms with Crippen molar-refractivity contribution in [2.75, 3.05) is 0 Å². The second-order valence-electron chi connectivity index (χ2n) is 4.40. The van der Waals surface area contributed by atoms with Crippen LogP contribution < -0.4 is 5.73 Å². The molecular weight excluding hydrogens is 271 g/mol. The average molecular weight is 285 g/mol. The number of alkyl halides is 3. The summed E-state index contributed by atoms with van der Waals surface area (Å²) in [7, 11) is 0. The van der Waals surface area contributed by atoms with Gasteiger partial charge in [-0.3, -0.25) is 0 Å². The molecule has 5 heteroatoms. The second kappa shape index (κ2) is 5.75. The Morgan fingerprint density at radius 3 is 2.32 bits per heavy atom. The molecule has 19 heavy (non-hydrogen) atoms. The Hall–Kier alpha value is -1.33. The van der Waals surface area contributed by atoms with Gasteiger partial charge in [0.25, 0.3) is 0 Å². The molecule has 0 saturated carbocycles. The molecule has 2 aromatic rings. The Kier molecular flexibility index (Phi) is 4.27. The summed E-state index contributed by atoms with van der Waals surface area (Å²) in [4.78, 5) is 0. The maximum absolute atomic E-state index is 12.4. The number of nitrogens with two attached hydrogens (primary N) is 1. The lowest BCUT2D eigenvalue weighted by Gasteiger charge is -2.13. The predicted octanol–water partition coefficient (Wildman–Crippen LogP) is 4.40. The number of hydrogen-bond acceptors (Lipinski definition) is 2. The molecule has 1 nitrogen and oxygen atoms in total. The number of hydrogen-bond donors (Lipinski definition) is 1. The molecule has 2 N–H and O–H groups in total. The van der Waals surface area contributed by atoms with Gasteiger partial charge < -0.3 is 5.73 Å². The van der Waals surface area contributed by atoms with Gasteiger partial charge in [-0.25, -0.2) is 0 Å². The Labute approximate surface area is 113 Å². The highest BCUT2D eigenvalue weighted by atomic mass is 32.1. The van der Waals surface area contributed by atoms with Crippen molar-refractivity contribution >= 4 is 11.3 Å². The van der Waals surface area contributed by atoms with Crippen molar-refractivity contribution in [3.63, 3.8) is 0 Å². The smallest absolute Gasteiger partial charge is 0.324 e. The standard InChI is InChI=1S/C14H14F3NS/c15-14(16,17)12-4-2-11(3-5-12)13(18)6-1-10-7-8-19-9-10/h2-5,7-9,13H,1,6,18H2. The molecule has 0 saturated heterocycles. The minimum atomic E-state index is -4.29. The summed E-state index contributed by atoms with van der Waals surface area (Å²) in [5.74, 6) is 0. The largest absolute Gasteiger partial charge is 0.416 e. The Morgan fingerprint density at radius 2 is 1.79 bits per heavy atom. The van der Waals surface area contributed by atoms with Crippen LogP contribution in [-0.4, -0.2) is 0 Å². The lowest BCUT2D eigenvalue weighted by molar-refractivity contribution is -0.137. The van der Waals surface area contributed by atoms with E-state index in [-0.39, 0.29) is 6.04 Å². The normalized spacial score (nSPS) is 13.5. The van der Waals surface area contributed by atoms with Gasteiger partial charge in [0, 0.05) is 6.04 Å². The fourth-order valence-electron chi connectivity index (χ4n) is 1.84. The van der Waals surface area contributed by atoms with Gasteiger partial charge in [0.05, 0.1) is 5.56 Å². The number of benzene rings is 1. The zero-order chi connectivity index (χ0) is 13.9. The minimum absolute atomic E-state index is 0.234. The van der Waals surface area contributed by atoms with Crippen molar-refractivity contribution in [1.82, 2.24) is 0 Å². The molecule has 1 unspecified atom stereocenters. The van der Waals surface area contributed by atoms with Crippen LogP contribution in [0.4, 0.5) is 13.2 Å². The molecule has 1 aromatic heterocycles. The second-order valence-corrected chi connectivity index (χ2v) is 5.18. The molecular formula is C14H14F3NS. The van der Waals surface area contributed by atoms with Crippen LogP contribution in [0.25, 0.3) is 0 Å². The van der Waals surface area contributed by atoms with Crippen molar-refractivity contribution in [2.45, 2.75) is 25.1 Å². The zero-order valence-corrected chi connectivity index (χ0v) is 11.0. The molecule has 2 rings (SSSR count). The number of rotatable bonds is 4. The van der Waals surface area contributed by atoms with Crippen LogP contribution in [0, 0.1) is 0 Å². The SMILES string of the molecule is NC(CCc1ccsc1)c1ccc(C(F)(F)F)cc1. The fraction of sp³-hybridized carbons (Fsp3) is 0.286. The third-order valence-electron chi connectivity index (χ3n) is 2.99. The highest BCUT2D eigenvalue weighted by Gasteiger charge is 2.30. The number of halogens is 3. The Morgan fingerprint density at radius 1 is 1.11 bits per heavy atom. The molecule has 0 aliphatic rings. The van der Waals surface area contributed by atoms with E-state index in [0.29, 0.717) is 0 Å². The van der Waals surface area contributed by atoms with E-state index in [0.717, 1.165) is 30.5 Å². The molecule has 0 aliphatic heterocycles. The van der Waals surface area contributed by atoms with Gasteiger partial charge in [-0.1, -0.05) is 12.1 Å². The molecule has 0 aliphatic carbocycles. The van der Waals surface area contributed by atoms with Gasteiger partial charge in [-0.15, -0.1) is 0 Å². The third kappa shape index (κ3) is 3.81. The van der Waals surface area contributed by atoms with Crippen LogP contribution in [0.5, 0.6) is 0 Å². The first-order valence-corrected chi connectivity index (χ1v) is 6.85. The van der Waals surface area contributed by atoms with E-state index in [4.69, 9.17) is 5.73 Å². The lowest BCUT2D eigenvalue weighted by atomic mass is 10.00. The first-order chi connectivity index (χ1) is 8.97. The maximum atomic E-state index is 12.4. The molecule has 0 amide bonds. The van der Waals surface area contributed by atoms with Crippen LogP contribution in [0.1, 0.15) is 29.2 Å². The van der Waals surface area contributed by atoms with Gasteiger partial charge >= 0.3 is 6.18 Å². The van der Waals surface area contributed by atoms with E-state index < -0.39 is 11.7 Å². The fourth-order valence-corrected chi connectivity index (χ4v) is 2.55. The first-order valence-electron chi connectivity index (χ1n) is 5.90. The number of aryl methyl sites for hydroxylation is 1. The van der Waals surface area contributed by atoms with E-state index in [9.17, 15) is 13.2 Å². The van der Waals surface area contributed by atoms with Gasteiger partial charge in [-0.05, 0) is 52.9 Å². The summed E-state index contributed by atoms with van der Waals surface area (Å²) >= 11 is 1.63. The lowest BCUT2D eigenvalue weighted by Crippen LogP contribution is -2.12. The predicted molar refractivity (Wildman–Crippen MR) is 71.0 cm³/mol. The van der Waals surface area contributed by atoms with E-state index >= 15 is 0 Å². The van der Waals surface area contributed by atoms with Crippen molar-refractivity contribution < 1.29 is 13.2 Å². The average Bonchev–Trinajstić information content (AvgIpc) is 2.88. The summed E-state index contributed by atoms with van der Waals surface area (Å²) < 4.78 is 37.3. The van der Waals surface area contributed by atoms with Crippen LogP contribution >= 0.6 is 11.3 Å². The summed E-state index contributed by atoms with van der Waals surface area (Å²) in [5.41, 5.74) is 7.31. The third-order valence-corrected chi connectivity index (χ3v) is 3.72. The van der Waals surface area contributed by atoms with Crippen molar-refractivity contribution in [2.24, 2.45) is 5.73 Å². The maximum Gasteiger partial charge on any atom is 0.416 e. The van der Waals surface area contributed by atoms with E-state index in [1.165, 1.54) is 17.7 Å². The molecule has 0 radical (unpaired) electrons. The van der Waals surface area contributed by atoms with E-state index in [1.54, 1.807) is 11.3 Å². The van der Waals surface area contributed by atoms with Gasteiger partial charge in [0.2, 0.25) is 0 Å². The quantitative estimate of drug-likeness (QED) is 0.885. The highest BCUT2D eigenvalue weighted by Crippen LogP contribution is 2.30. The molecule has 102 valence electrons. The van der Waals surface area contributed by atoms with Crippen LogP contribution in [0.3, 0.4) is 0 Å². The van der Waals surface area contributed by atoms with Crippen molar-refractivity contribution in [3.8, 4) is 0 Å². The molecule has 1 heterocycles. The summed E-state index contributed by atoms with van der Waals surface area (Å²) in [5, 5.41) is 4.05. The number of thiophene rings is 1. The Bertz CT molecular complexity index is 502. The van der Waals surface area contributed by atoms with Crippen LogP contribution in [-0.2, 0) is 12.6 Å². The molecule has 0 bridgehead atoms. The monoisotopic (exact) mass is 285 g/mol. The molecule has 1 aromatic carbocycles. The van der Waals surface area contributed by atoms with E-state index in [2.05, 4.69) is 5.38 Å². The van der Waals surface area contributed by atoms with E-state index in [1.807, 2.05) is 11.4 Å². The van der Waals surface area contributed by atoms with Gasteiger partial charge in [0.1, 0.15) is 0 Å². The Balaban J connectivity index is 1.97. The summed E-state index contributed by atoms with van der Waals surface area (Å²) in [6.45, 7) is 0. The summed E-state index contributed by atoms with van der Waals surface area (Å²) in [6, 6.07) is 6.88. The topological polar surface area (TPSA) is 26.0 Å². The van der Waals surface area contributed by atoms with Gasteiger partial charge in [-0.2, -0.15) is 24.5 Å². The minimum Gasteiger partial charge on any atom is -0.324 e. The van der Waals surface area contributed by atoms with Crippen LogP contribution in [0.2, 0.25) is 0 Å². The molecule has 1 atom stereocenters. The highest BCUT2D eigenvalue weighted by molar-refractivity contribution is 7.07. The van der Waals surface area contributed by atoms with Crippen LogP contribution in [0.15, 0.2) is 41.1 Å². The first kappa shape index (κ1) is 14.1. The van der Waals surface area contributed by atoms with Crippen molar-refractivity contribution in [3.05, 3.63) is 57.8 Å².